The molecule has 0 bridgehead atoms. The predicted octanol–water partition coefficient (Wildman–Crippen LogP) is 2.03. The third kappa shape index (κ3) is 7.33. The highest BCUT2D eigenvalue weighted by molar-refractivity contribution is 5.89. The van der Waals surface area contributed by atoms with Gasteiger partial charge in [-0.05, 0) is 59.2 Å². The number of hydrogen-bond donors (Lipinski definition) is 8. The smallest absolute Gasteiger partial charge is 0.348 e. The number of aliphatic hydroxyl groups is 1. The molecule has 3 aromatic rings. The molecule has 0 saturated heterocycles. The Morgan fingerprint density at radius 1 is 0.750 bits per heavy atom. The standard InChI is InChI=1S/C27H24O13/c28-16-5-1-14(10-18(16)30)11-22(26(35)36)39-23(33)8-3-13-2-7-21(20(32)9-13)40-25(27(37)38)24(34)15-4-6-17(29)19(31)12-15/h1-10,12,22,24-25,28-32,34H,11H2,(H,35,36)(H,37,38). The van der Waals surface area contributed by atoms with Gasteiger partial charge in [0.25, 0.3) is 0 Å². The largest absolute Gasteiger partial charge is 0.504 e. The zero-order valence-electron chi connectivity index (χ0n) is 20.4. The van der Waals surface area contributed by atoms with Gasteiger partial charge in [-0.15, -0.1) is 0 Å². The van der Waals surface area contributed by atoms with Crippen molar-refractivity contribution in [3.63, 3.8) is 0 Å². The normalized spacial score (nSPS) is 13.3. The second-order valence-electron chi connectivity index (χ2n) is 8.42. The number of hydrogen-bond acceptors (Lipinski definition) is 11. The number of carbonyl (C=O) groups excluding carboxylic acids is 1. The summed E-state index contributed by atoms with van der Waals surface area (Å²) in [6.07, 6.45) is -3.56. The van der Waals surface area contributed by atoms with Crippen molar-refractivity contribution in [2.75, 3.05) is 0 Å². The van der Waals surface area contributed by atoms with Gasteiger partial charge in [0.05, 0.1) is 0 Å². The van der Waals surface area contributed by atoms with Crippen molar-refractivity contribution in [3.05, 3.63) is 77.4 Å². The molecule has 0 aliphatic carbocycles. The van der Waals surface area contributed by atoms with Crippen LogP contribution in [0.5, 0.6) is 34.5 Å². The molecule has 13 nitrogen and oxygen atoms in total. The van der Waals surface area contributed by atoms with E-state index < -0.39 is 65.0 Å². The van der Waals surface area contributed by atoms with Crippen LogP contribution in [0.3, 0.4) is 0 Å². The molecule has 0 heterocycles. The molecular weight excluding hydrogens is 532 g/mol. The topological polar surface area (TPSA) is 232 Å². The maximum Gasteiger partial charge on any atom is 0.348 e. The number of aromatic hydroxyl groups is 5. The van der Waals surface area contributed by atoms with Crippen LogP contribution in [0.15, 0.2) is 60.7 Å². The molecule has 0 aliphatic heterocycles. The number of benzene rings is 3. The van der Waals surface area contributed by atoms with E-state index >= 15 is 0 Å². The third-order valence-corrected chi connectivity index (χ3v) is 5.51. The first-order valence-corrected chi connectivity index (χ1v) is 11.4. The first kappa shape index (κ1) is 29.1. The van der Waals surface area contributed by atoms with Crippen molar-refractivity contribution < 1.29 is 64.7 Å². The van der Waals surface area contributed by atoms with Gasteiger partial charge in [-0.3, -0.25) is 0 Å². The molecule has 3 unspecified atom stereocenters. The lowest BCUT2D eigenvalue weighted by molar-refractivity contribution is -0.160. The van der Waals surface area contributed by atoms with E-state index in [1.54, 1.807) is 0 Å². The Labute approximate surface area is 225 Å². The Balaban J connectivity index is 1.68. The van der Waals surface area contributed by atoms with Crippen molar-refractivity contribution in [3.8, 4) is 34.5 Å². The summed E-state index contributed by atoms with van der Waals surface area (Å²) in [5, 5.41) is 77.5. The lowest BCUT2D eigenvalue weighted by Crippen LogP contribution is -2.33. The van der Waals surface area contributed by atoms with E-state index in [2.05, 4.69) is 0 Å². The van der Waals surface area contributed by atoms with Crippen molar-refractivity contribution in [2.24, 2.45) is 0 Å². The quantitative estimate of drug-likeness (QED) is 0.0961. The summed E-state index contributed by atoms with van der Waals surface area (Å²) in [5.74, 6) is -6.92. The summed E-state index contributed by atoms with van der Waals surface area (Å²) in [6.45, 7) is 0. The monoisotopic (exact) mass is 556 g/mol. The number of phenols is 5. The van der Waals surface area contributed by atoms with Gasteiger partial charge in [0.2, 0.25) is 12.2 Å². The SMILES string of the molecule is O=C(C=Cc1ccc(OC(C(=O)O)C(O)c2ccc(O)c(O)c2)c(O)c1)OC(Cc1ccc(O)c(O)c1)C(=O)O. The number of phenolic OH excluding ortho intramolecular Hbond substituents is 5. The Hall–Kier alpha value is -5.43. The number of rotatable bonds is 11. The second-order valence-corrected chi connectivity index (χ2v) is 8.42. The summed E-state index contributed by atoms with van der Waals surface area (Å²) in [5.41, 5.74) is 0.419. The minimum atomic E-state index is -1.92. The van der Waals surface area contributed by atoms with Crippen LogP contribution in [0.2, 0.25) is 0 Å². The van der Waals surface area contributed by atoms with Crippen LogP contribution in [0.25, 0.3) is 6.08 Å². The van der Waals surface area contributed by atoms with Crippen LogP contribution < -0.4 is 4.74 Å². The van der Waals surface area contributed by atoms with Gasteiger partial charge in [-0.1, -0.05) is 18.2 Å². The van der Waals surface area contributed by atoms with Crippen molar-refractivity contribution in [1.29, 1.82) is 0 Å². The highest BCUT2D eigenvalue weighted by atomic mass is 16.6. The molecule has 210 valence electrons. The Morgan fingerprint density at radius 3 is 1.98 bits per heavy atom. The summed E-state index contributed by atoms with van der Waals surface area (Å²) < 4.78 is 10.2. The molecule has 0 aromatic heterocycles. The third-order valence-electron chi connectivity index (χ3n) is 5.51. The lowest BCUT2D eigenvalue weighted by Gasteiger charge is -2.21. The van der Waals surface area contributed by atoms with Gasteiger partial charge < -0.3 is 50.3 Å². The maximum absolute atomic E-state index is 12.2. The Kier molecular flexibility index (Phi) is 9.04. The number of aliphatic carboxylic acids is 2. The van der Waals surface area contributed by atoms with Gasteiger partial charge in [-0.25, -0.2) is 14.4 Å². The van der Waals surface area contributed by atoms with E-state index in [1.165, 1.54) is 24.3 Å². The van der Waals surface area contributed by atoms with E-state index in [1.807, 2.05) is 0 Å². The highest BCUT2D eigenvalue weighted by Crippen LogP contribution is 2.33. The van der Waals surface area contributed by atoms with E-state index in [4.69, 9.17) is 9.47 Å². The Bertz CT molecular complexity index is 1450. The predicted molar refractivity (Wildman–Crippen MR) is 135 cm³/mol. The number of ether oxygens (including phenoxy) is 2. The van der Waals surface area contributed by atoms with Crippen LogP contribution >= 0.6 is 0 Å². The molecule has 0 saturated carbocycles. The zero-order valence-corrected chi connectivity index (χ0v) is 20.4. The molecule has 0 aliphatic rings. The summed E-state index contributed by atoms with van der Waals surface area (Å²) >= 11 is 0. The summed E-state index contributed by atoms with van der Waals surface area (Å²) in [7, 11) is 0. The number of carboxylic acids is 2. The average molecular weight is 556 g/mol. The second kappa shape index (κ2) is 12.4. The van der Waals surface area contributed by atoms with Crippen LogP contribution in [0.4, 0.5) is 0 Å². The molecule has 3 rings (SSSR count). The molecule has 8 N–H and O–H groups in total. The Morgan fingerprint density at radius 2 is 1.40 bits per heavy atom. The average Bonchev–Trinajstić information content (AvgIpc) is 2.89. The van der Waals surface area contributed by atoms with E-state index in [9.17, 15) is 55.2 Å². The lowest BCUT2D eigenvalue weighted by atomic mass is 10.0. The minimum Gasteiger partial charge on any atom is -0.504 e. The number of esters is 1. The van der Waals surface area contributed by atoms with E-state index in [0.717, 1.165) is 42.5 Å². The minimum absolute atomic E-state index is 0.0814. The van der Waals surface area contributed by atoms with Gasteiger partial charge in [0, 0.05) is 12.5 Å². The molecule has 13 heteroatoms. The molecular formula is C27H24O13. The van der Waals surface area contributed by atoms with Crippen LogP contribution in [0.1, 0.15) is 22.8 Å². The summed E-state index contributed by atoms with van der Waals surface area (Å²) in [4.78, 5) is 35.4. The van der Waals surface area contributed by atoms with Gasteiger partial charge in [-0.2, -0.15) is 0 Å². The molecule has 3 aromatic carbocycles. The van der Waals surface area contributed by atoms with Gasteiger partial charge in [0.15, 0.2) is 34.5 Å². The van der Waals surface area contributed by atoms with Crippen LogP contribution in [-0.4, -0.2) is 71.0 Å². The first-order valence-electron chi connectivity index (χ1n) is 11.4. The fourth-order valence-electron chi connectivity index (χ4n) is 3.46. The molecule has 3 atom stereocenters. The number of carboxylic acid groups (broad SMARTS) is 2. The molecule has 0 spiro atoms. The first-order chi connectivity index (χ1) is 18.8. The van der Waals surface area contributed by atoms with E-state index in [-0.39, 0.29) is 28.9 Å². The highest BCUT2D eigenvalue weighted by Gasteiger charge is 2.31. The van der Waals surface area contributed by atoms with Crippen molar-refractivity contribution in [2.45, 2.75) is 24.7 Å². The summed E-state index contributed by atoms with van der Waals surface area (Å²) in [6, 6.07) is 10.4. The molecule has 0 fully saturated rings. The molecule has 0 amide bonds. The zero-order chi connectivity index (χ0) is 29.6. The maximum atomic E-state index is 12.2. The fraction of sp³-hybridized carbons (Fsp3) is 0.148. The van der Waals surface area contributed by atoms with Crippen LogP contribution in [-0.2, 0) is 25.5 Å². The fourth-order valence-corrected chi connectivity index (χ4v) is 3.46. The van der Waals surface area contributed by atoms with Crippen LogP contribution in [0, 0.1) is 0 Å². The molecule has 40 heavy (non-hydrogen) atoms. The molecule has 0 radical (unpaired) electrons. The van der Waals surface area contributed by atoms with Crippen molar-refractivity contribution in [1.82, 2.24) is 0 Å². The number of aliphatic hydroxyl groups excluding tert-OH is 1. The van der Waals surface area contributed by atoms with Gasteiger partial charge in [0.1, 0.15) is 6.10 Å². The number of carbonyl (C=O) groups is 3. The van der Waals surface area contributed by atoms with E-state index in [0.29, 0.717) is 0 Å². The van der Waals surface area contributed by atoms with Crippen molar-refractivity contribution >= 4 is 24.0 Å². The van der Waals surface area contributed by atoms with Gasteiger partial charge >= 0.3 is 17.9 Å².